The molecule has 1 aliphatic heterocycles. The standard InChI is InChI=1S/C20H32N2O/c1-23-19-10-8-16(9-11-19)14-22-12-4-5-17(15-22)13-20(21)18-6-2-3-7-18/h8-11,17-18,20H,2-7,12-15,21H2,1H3. The maximum atomic E-state index is 6.51. The average molecular weight is 316 g/mol. The Morgan fingerprint density at radius 2 is 1.87 bits per heavy atom. The van der Waals surface area contributed by atoms with E-state index in [0.29, 0.717) is 6.04 Å². The van der Waals surface area contributed by atoms with Crippen LogP contribution in [0, 0.1) is 11.8 Å². The lowest BCUT2D eigenvalue weighted by Gasteiger charge is -2.35. The van der Waals surface area contributed by atoms with Crippen LogP contribution in [-0.2, 0) is 6.54 Å². The number of ether oxygens (including phenoxy) is 1. The van der Waals surface area contributed by atoms with Gasteiger partial charge in [-0.15, -0.1) is 0 Å². The Labute approximate surface area is 141 Å². The van der Waals surface area contributed by atoms with Crippen molar-refractivity contribution in [2.75, 3.05) is 20.2 Å². The van der Waals surface area contributed by atoms with E-state index < -0.39 is 0 Å². The van der Waals surface area contributed by atoms with E-state index in [0.717, 1.165) is 24.1 Å². The smallest absolute Gasteiger partial charge is 0.118 e. The third-order valence-electron chi connectivity index (χ3n) is 5.78. The molecule has 1 aliphatic carbocycles. The van der Waals surface area contributed by atoms with Gasteiger partial charge < -0.3 is 10.5 Å². The molecular weight excluding hydrogens is 284 g/mol. The molecule has 0 amide bonds. The summed E-state index contributed by atoms with van der Waals surface area (Å²) in [5.74, 6) is 2.53. The van der Waals surface area contributed by atoms with Crippen molar-refractivity contribution in [2.45, 2.75) is 57.5 Å². The highest BCUT2D eigenvalue weighted by Gasteiger charge is 2.27. The summed E-state index contributed by atoms with van der Waals surface area (Å²) in [6, 6.07) is 8.93. The number of methoxy groups -OCH3 is 1. The highest BCUT2D eigenvalue weighted by molar-refractivity contribution is 5.27. The van der Waals surface area contributed by atoms with E-state index in [2.05, 4.69) is 29.2 Å². The van der Waals surface area contributed by atoms with E-state index in [4.69, 9.17) is 10.5 Å². The zero-order valence-corrected chi connectivity index (χ0v) is 14.5. The van der Waals surface area contributed by atoms with Crippen LogP contribution in [0.3, 0.4) is 0 Å². The summed E-state index contributed by atoms with van der Waals surface area (Å²) in [6.07, 6.45) is 9.42. The van der Waals surface area contributed by atoms with Gasteiger partial charge in [-0.05, 0) is 68.2 Å². The van der Waals surface area contributed by atoms with E-state index in [9.17, 15) is 0 Å². The first-order valence-corrected chi connectivity index (χ1v) is 9.35. The molecule has 3 heteroatoms. The Morgan fingerprint density at radius 3 is 2.57 bits per heavy atom. The fourth-order valence-corrected chi connectivity index (χ4v) is 4.44. The molecule has 0 radical (unpaired) electrons. The molecule has 3 rings (SSSR count). The van der Waals surface area contributed by atoms with Crippen LogP contribution in [0.1, 0.15) is 50.5 Å². The quantitative estimate of drug-likeness (QED) is 0.867. The summed E-state index contributed by atoms with van der Waals surface area (Å²) in [5, 5.41) is 0. The van der Waals surface area contributed by atoms with E-state index in [1.54, 1.807) is 7.11 Å². The summed E-state index contributed by atoms with van der Waals surface area (Å²) in [4.78, 5) is 2.61. The van der Waals surface area contributed by atoms with Gasteiger partial charge in [0.1, 0.15) is 5.75 Å². The Kier molecular flexibility index (Phi) is 5.96. The molecule has 128 valence electrons. The van der Waals surface area contributed by atoms with E-state index in [1.165, 1.54) is 63.6 Å². The van der Waals surface area contributed by atoms with Gasteiger partial charge in [0.2, 0.25) is 0 Å². The zero-order valence-electron chi connectivity index (χ0n) is 14.5. The van der Waals surface area contributed by atoms with Crippen molar-refractivity contribution in [3.8, 4) is 5.75 Å². The minimum atomic E-state index is 0.434. The van der Waals surface area contributed by atoms with Gasteiger partial charge >= 0.3 is 0 Å². The van der Waals surface area contributed by atoms with Crippen LogP contribution in [0.2, 0.25) is 0 Å². The van der Waals surface area contributed by atoms with Crippen molar-refractivity contribution in [3.63, 3.8) is 0 Å². The molecule has 0 bridgehead atoms. The van der Waals surface area contributed by atoms with Crippen LogP contribution in [0.5, 0.6) is 5.75 Å². The van der Waals surface area contributed by atoms with E-state index >= 15 is 0 Å². The summed E-state index contributed by atoms with van der Waals surface area (Å²) < 4.78 is 5.24. The summed E-state index contributed by atoms with van der Waals surface area (Å²) in [6.45, 7) is 3.49. The SMILES string of the molecule is COc1ccc(CN2CCCC(CC(N)C3CCCC3)C2)cc1. The topological polar surface area (TPSA) is 38.5 Å². The number of nitrogens with two attached hydrogens (primary N) is 1. The van der Waals surface area contributed by atoms with Crippen LogP contribution in [-0.4, -0.2) is 31.1 Å². The molecule has 1 aromatic rings. The predicted octanol–water partition coefficient (Wildman–Crippen LogP) is 3.81. The first-order chi connectivity index (χ1) is 11.2. The largest absolute Gasteiger partial charge is 0.497 e. The highest BCUT2D eigenvalue weighted by Crippen LogP contribution is 2.31. The summed E-state index contributed by atoms with van der Waals surface area (Å²) in [5.41, 5.74) is 7.89. The van der Waals surface area contributed by atoms with Crippen LogP contribution < -0.4 is 10.5 Å². The molecule has 1 saturated carbocycles. The molecule has 1 saturated heterocycles. The third-order valence-corrected chi connectivity index (χ3v) is 5.78. The molecular formula is C20H32N2O. The molecule has 1 heterocycles. The molecule has 23 heavy (non-hydrogen) atoms. The molecule has 0 spiro atoms. The minimum absolute atomic E-state index is 0.434. The maximum Gasteiger partial charge on any atom is 0.118 e. The molecule has 2 N–H and O–H groups in total. The van der Waals surface area contributed by atoms with Gasteiger partial charge in [0.15, 0.2) is 0 Å². The van der Waals surface area contributed by atoms with Crippen molar-refractivity contribution in [1.82, 2.24) is 4.90 Å². The monoisotopic (exact) mass is 316 g/mol. The van der Waals surface area contributed by atoms with E-state index in [-0.39, 0.29) is 0 Å². The van der Waals surface area contributed by atoms with Crippen molar-refractivity contribution in [2.24, 2.45) is 17.6 Å². The number of hydrogen-bond donors (Lipinski definition) is 1. The number of hydrogen-bond acceptors (Lipinski definition) is 3. The van der Waals surface area contributed by atoms with Gasteiger partial charge in [-0.25, -0.2) is 0 Å². The zero-order chi connectivity index (χ0) is 16.1. The lowest BCUT2D eigenvalue weighted by molar-refractivity contribution is 0.150. The van der Waals surface area contributed by atoms with Crippen LogP contribution >= 0.6 is 0 Å². The van der Waals surface area contributed by atoms with Crippen molar-refractivity contribution < 1.29 is 4.74 Å². The molecule has 2 unspecified atom stereocenters. The Morgan fingerprint density at radius 1 is 1.13 bits per heavy atom. The van der Waals surface area contributed by atoms with Crippen LogP contribution in [0.15, 0.2) is 24.3 Å². The second-order valence-electron chi connectivity index (χ2n) is 7.54. The lowest BCUT2D eigenvalue weighted by Crippen LogP contribution is -2.39. The van der Waals surface area contributed by atoms with Gasteiger partial charge in [-0.1, -0.05) is 25.0 Å². The fraction of sp³-hybridized carbons (Fsp3) is 0.700. The average Bonchev–Trinajstić information content (AvgIpc) is 3.10. The summed E-state index contributed by atoms with van der Waals surface area (Å²) in [7, 11) is 1.72. The van der Waals surface area contributed by atoms with Gasteiger partial charge in [0, 0.05) is 19.1 Å². The molecule has 1 aromatic carbocycles. The highest BCUT2D eigenvalue weighted by atomic mass is 16.5. The number of rotatable bonds is 6. The third kappa shape index (κ3) is 4.71. The van der Waals surface area contributed by atoms with Gasteiger partial charge in [0.05, 0.1) is 7.11 Å². The van der Waals surface area contributed by atoms with Gasteiger partial charge in [0.25, 0.3) is 0 Å². The normalized spacial score (nSPS) is 24.7. The lowest BCUT2D eigenvalue weighted by atomic mass is 9.86. The fourth-order valence-electron chi connectivity index (χ4n) is 4.44. The van der Waals surface area contributed by atoms with Gasteiger partial charge in [-0.2, -0.15) is 0 Å². The van der Waals surface area contributed by atoms with Crippen molar-refractivity contribution >= 4 is 0 Å². The van der Waals surface area contributed by atoms with E-state index in [1.807, 2.05) is 0 Å². The first-order valence-electron chi connectivity index (χ1n) is 9.35. The minimum Gasteiger partial charge on any atom is -0.497 e. The molecule has 3 nitrogen and oxygen atoms in total. The molecule has 2 atom stereocenters. The van der Waals surface area contributed by atoms with Crippen molar-refractivity contribution in [1.29, 1.82) is 0 Å². The van der Waals surface area contributed by atoms with Crippen LogP contribution in [0.25, 0.3) is 0 Å². The number of likely N-dealkylation sites (tertiary alicyclic amines) is 1. The Bertz CT molecular complexity index is 467. The second kappa shape index (κ2) is 8.16. The predicted molar refractivity (Wildman–Crippen MR) is 95.5 cm³/mol. The van der Waals surface area contributed by atoms with Gasteiger partial charge in [-0.3, -0.25) is 4.90 Å². The summed E-state index contributed by atoms with van der Waals surface area (Å²) >= 11 is 0. The number of piperidine rings is 1. The second-order valence-corrected chi connectivity index (χ2v) is 7.54. The Balaban J connectivity index is 1.49. The van der Waals surface area contributed by atoms with Crippen molar-refractivity contribution in [3.05, 3.63) is 29.8 Å². The molecule has 2 aliphatic rings. The maximum absolute atomic E-state index is 6.51. The first kappa shape index (κ1) is 16.8. The molecule has 0 aromatic heterocycles. The number of benzene rings is 1. The number of nitrogens with zero attached hydrogens (tertiary/aromatic N) is 1. The molecule has 2 fully saturated rings. The Hall–Kier alpha value is -1.06. The van der Waals surface area contributed by atoms with Crippen LogP contribution in [0.4, 0.5) is 0 Å².